The van der Waals surface area contributed by atoms with E-state index in [1.807, 2.05) is 0 Å². The van der Waals surface area contributed by atoms with Crippen molar-refractivity contribution in [2.75, 3.05) is 0 Å². The van der Waals surface area contributed by atoms with Gasteiger partial charge >= 0.3 is 6.18 Å². The largest absolute Gasteiger partial charge is 0.449 e. The normalized spacial score (nSPS) is 11.8. The Morgan fingerprint density at radius 2 is 1.89 bits per heavy atom. The maximum absolute atomic E-state index is 12.8. The van der Waals surface area contributed by atoms with E-state index in [1.54, 1.807) is 6.07 Å². The smallest absolute Gasteiger partial charge is 0.306 e. The number of hydrogen-bond donors (Lipinski definition) is 0. The van der Waals surface area contributed by atoms with E-state index >= 15 is 0 Å². The molecule has 2 rings (SSSR count). The number of alkyl halides is 3. The van der Waals surface area contributed by atoms with Crippen LogP contribution in [0, 0.1) is 11.3 Å². The van der Waals surface area contributed by atoms with Gasteiger partial charge in [-0.15, -0.1) is 0 Å². The molecule has 0 aliphatic heterocycles. The Morgan fingerprint density at radius 1 is 1.28 bits per heavy atom. The van der Waals surface area contributed by atoms with Crippen LogP contribution in [-0.4, -0.2) is 9.55 Å². The highest BCUT2D eigenvalue weighted by molar-refractivity contribution is 9.13. The van der Waals surface area contributed by atoms with Crippen LogP contribution in [-0.2, 0) is 12.7 Å². The Balaban J connectivity index is 2.80. The predicted octanol–water partition coefficient (Wildman–Crippen LogP) is 4.10. The number of benzene rings is 1. The summed E-state index contributed by atoms with van der Waals surface area (Å²) in [7, 11) is 0. The minimum absolute atomic E-state index is 0.188. The lowest BCUT2D eigenvalue weighted by Crippen LogP contribution is -2.14. The summed E-state index contributed by atoms with van der Waals surface area (Å²) < 4.78 is 40.4. The number of hydrogen-bond acceptors (Lipinski definition) is 2. The summed E-state index contributed by atoms with van der Waals surface area (Å²) in [5.41, 5.74) is 0.451. The summed E-state index contributed by atoms with van der Waals surface area (Å²) in [6.45, 7) is -0.403. The van der Waals surface area contributed by atoms with E-state index in [4.69, 9.17) is 5.26 Å². The van der Waals surface area contributed by atoms with Crippen molar-refractivity contribution < 1.29 is 13.2 Å². The molecule has 0 radical (unpaired) electrons. The molecule has 1 aromatic heterocycles. The van der Waals surface area contributed by atoms with Gasteiger partial charge in [-0.25, -0.2) is 4.98 Å². The fraction of sp³-hybridized carbons (Fsp3) is 0.200. The lowest BCUT2D eigenvalue weighted by molar-refractivity contribution is -0.146. The molecule has 0 unspecified atom stereocenters. The van der Waals surface area contributed by atoms with Crippen molar-refractivity contribution >= 4 is 42.9 Å². The molecule has 0 aliphatic rings. The third-order valence-corrected chi connectivity index (χ3v) is 4.12. The van der Waals surface area contributed by atoms with Crippen LogP contribution in [0.3, 0.4) is 0 Å². The van der Waals surface area contributed by atoms with Crippen LogP contribution in [0.4, 0.5) is 13.2 Å². The molecule has 18 heavy (non-hydrogen) atoms. The van der Waals surface area contributed by atoms with E-state index in [1.165, 1.54) is 12.1 Å². The van der Waals surface area contributed by atoms with E-state index in [0.717, 1.165) is 4.57 Å². The van der Waals surface area contributed by atoms with E-state index in [2.05, 4.69) is 36.8 Å². The molecule has 3 nitrogen and oxygen atoms in total. The number of fused-ring (bicyclic) bond motifs is 1. The quantitative estimate of drug-likeness (QED) is 0.744. The SMILES string of the molecule is N#CCn1c(C(F)(F)F)nc2cc(Br)c(Br)cc21. The van der Waals surface area contributed by atoms with E-state index in [9.17, 15) is 13.2 Å². The van der Waals surface area contributed by atoms with Crippen LogP contribution in [0.15, 0.2) is 21.1 Å². The molecule has 0 saturated carbocycles. The van der Waals surface area contributed by atoms with Gasteiger partial charge in [-0.3, -0.25) is 0 Å². The maximum atomic E-state index is 12.8. The van der Waals surface area contributed by atoms with Crippen molar-refractivity contribution in [2.45, 2.75) is 12.7 Å². The third kappa shape index (κ3) is 2.24. The van der Waals surface area contributed by atoms with Gasteiger partial charge in [0.05, 0.1) is 17.1 Å². The van der Waals surface area contributed by atoms with Gasteiger partial charge in [0.1, 0.15) is 6.54 Å². The zero-order chi connectivity index (χ0) is 13.5. The Labute approximate surface area is 116 Å². The van der Waals surface area contributed by atoms with E-state index in [-0.39, 0.29) is 11.0 Å². The first-order valence-electron chi connectivity index (χ1n) is 4.64. The zero-order valence-electron chi connectivity index (χ0n) is 8.59. The summed E-state index contributed by atoms with van der Waals surface area (Å²) in [5.74, 6) is -1.07. The highest BCUT2D eigenvalue weighted by Crippen LogP contribution is 2.34. The molecule has 0 fully saturated rings. The van der Waals surface area contributed by atoms with Gasteiger partial charge < -0.3 is 4.57 Å². The van der Waals surface area contributed by atoms with Gasteiger partial charge in [-0.1, -0.05) is 0 Å². The van der Waals surface area contributed by atoms with Crippen molar-refractivity contribution in [1.29, 1.82) is 5.26 Å². The van der Waals surface area contributed by atoms with Gasteiger partial charge in [0.2, 0.25) is 5.82 Å². The zero-order valence-corrected chi connectivity index (χ0v) is 11.8. The second kappa shape index (κ2) is 4.55. The summed E-state index contributed by atoms with van der Waals surface area (Å²) in [5, 5.41) is 8.62. The van der Waals surface area contributed by atoms with Gasteiger partial charge in [-0.2, -0.15) is 18.4 Å². The highest BCUT2D eigenvalue weighted by Gasteiger charge is 2.37. The molecule has 0 spiro atoms. The molecule has 0 amide bonds. The van der Waals surface area contributed by atoms with Gasteiger partial charge in [-0.05, 0) is 44.0 Å². The van der Waals surface area contributed by atoms with Crippen LogP contribution >= 0.6 is 31.9 Å². The Bertz CT molecular complexity index is 655. The van der Waals surface area contributed by atoms with Crippen LogP contribution in [0.1, 0.15) is 5.82 Å². The summed E-state index contributed by atoms with van der Waals surface area (Å²) in [6.07, 6.45) is -4.59. The Morgan fingerprint density at radius 3 is 2.44 bits per heavy atom. The maximum Gasteiger partial charge on any atom is 0.449 e. The molecule has 2 aromatic rings. The molecule has 0 bridgehead atoms. The first kappa shape index (κ1) is 13.4. The van der Waals surface area contributed by atoms with Crippen molar-refractivity contribution in [3.05, 3.63) is 26.9 Å². The topological polar surface area (TPSA) is 41.6 Å². The molecule has 94 valence electrons. The van der Waals surface area contributed by atoms with Crippen molar-refractivity contribution in [1.82, 2.24) is 9.55 Å². The molecular formula is C10H4Br2F3N3. The number of nitrogens with zero attached hydrogens (tertiary/aromatic N) is 3. The molecule has 0 N–H and O–H groups in total. The first-order chi connectivity index (χ1) is 8.34. The number of imidazole rings is 1. The van der Waals surface area contributed by atoms with Gasteiger partial charge in [0, 0.05) is 8.95 Å². The monoisotopic (exact) mass is 381 g/mol. The minimum atomic E-state index is -4.59. The number of halogens is 5. The van der Waals surface area contributed by atoms with Gasteiger partial charge in [0.25, 0.3) is 0 Å². The fourth-order valence-corrected chi connectivity index (χ4v) is 2.23. The standard InChI is InChI=1S/C10H4Br2F3N3/c11-5-3-7-8(4-6(5)12)18(2-1-16)9(17-7)10(13,14)15/h3-4H,2H2. The second-order valence-electron chi connectivity index (χ2n) is 3.43. The molecule has 0 saturated heterocycles. The Kier molecular flexibility index (Phi) is 3.38. The van der Waals surface area contributed by atoms with Crippen molar-refractivity contribution in [3.63, 3.8) is 0 Å². The predicted molar refractivity (Wildman–Crippen MR) is 65.7 cm³/mol. The second-order valence-corrected chi connectivity index (χ2v) is 5.14. The van der Waals surface area contributed by atoms with Crippen molar-refractivity contribution in [2.24, 2.45) is 0 Å². The van der Waals surface area contributed by atoms with Gasteiger partial charge in [0.15, 0.2) is 0 Å². The summed E-state index contributed by atoms with van der Waals surface area (Å²) in [4.78, 5) is 3.54. The number of nitriles is 1. The molecule has 1 heterocycles. The van der Waals surface area contributed by atoms with Crippen LogP contribution in [0.5, 0.6) is 0 Å². The van der Waals surface area contributed by atoms with Crippen molar-refractivity contribution in [3.8, 4) is 6.07 Å². The lowest BCUT2D eigenvalue weighted by Gasteiger charge is -2.07. The molecular weight excluding hydrogens is 379 g/mol. The first-order valence-corrected chi connectivity index (χ1v) is 6.22. The lowest BCUT2D eigenvalue weighted by atomic mass is 10.3. The van der Waals surface area contributed by atoms with Crippen LogP contribution in [0.2, 0.25) is 0 Å². The summed E-state index contributed by atoms with van der Waals surface area (Å²) >= 11 is 6.41. The van der Waals surface area contributed by atoms with E-state index < -0.39 is 18.5 Å². The minimum Gasteiger partial charge on any atom is -0.306 e. The van der Waals surface area contributed by atoms with Crippen LogP contribution < -0.4 is 0 Å². The number of aromatic nitrogens is 2. The number of rotatable bonds is 1. The molecule has 1 aromatic carbocycles. The third-order valence-electron chi connectivity index (χ3n) is 2.27. The summed E-state index contributed by atoms with van der Waals surface area (Å²) in [6, 6.07) is 4.68. The van der Waals surface area contributed by atoms with Crippen LogP contribution in [0.25, 0.3) is 11.0 Å². The molecule has 0 aliphatic carbocycles. The highest BCUT2D eigenvalue weighted by atomic mass is 79.9. The average Bonchev–Trinajstić information content (AvgIpc) is 2.58. The fourth-order valence-electron chi connectivity index (χ4n) is 1.57. The molecule has 0 atom stereocenters. The molecule has 8 heteroatoms. The average molecular weight is 383 g/mol. The Hall–Kier alpha value is -1.07. The van der Waals surface area contributed by atoms with E-state index in [0.29, 0.717) is 8.95 Å².